The highest BCUT2D eigenvalue weighted by Gasteiger charge is 2.29. The predicted molar refractivity (Wildman–Crippen MR) is 107 cm³/mol. The van der Waals surface area contributed by atoms with Gasteiger partial charge in [0.25, 0.3) is 0 Å². The third-order valence-corrected chi connectivity index (χ3v) is 5.94. The second-order valence-corrected chi connectivity index (χ2v) is 8.17. The Balaban J connectivity index is 1.75. The molecule has 3 rings (SSSR count). The maximum Gasteiger partial charge on any atom is 0.339 e. The Hall–Kier alpha value is -2.60. The average Bonchev–Trinajstić information content (AvgIpc) is 3.12. The van der Waals surface area contributed by atoms with Gasteiger partial charge in [-0.2, -0.15) is 8.42 Å². The molecule has 6 heteroatoms. The van der Waals surface area contributed by atoms with Crippen molar-refractivity contribution in [3.8, 4) is 5.75 Å². The number of esters is 1. The lowest BCUT2D eigenvalue weighted by molar-refractivity contribution is -0.136. The van der Waals surface area contributed by atoms with Gasteiger partial charge >= 0.3 is 16.1 Å². The van der Waals surface area contributed by atoms with Crippen molar-refractivity contribution in [3.63, 3.8) is 0 Å². The standard InChI is InChI=1S/C22H24O5S/c1-2-3-4-8-16-26-22(23)20-15-14-19-18(20)12-9-13-21(19)28(24,25)27-17-10-6-5-7-11-17/h5-7,9-13,15H,2-4,8,14,16H2,1H3. The van der Waals surface area contributed by atoms with E-state index in [2.05, 4.69) is 6.92 Å². The molecular weight excluding hydrogens is 376 g/mol. The summed E-state index contributed by atoms with van der Waals surface area (Å²) in [6.07, 6.45) is 6.17. The van der Waals surface area contributed by atoms with Crippen LogP contribution in [-0.4, -0.2) is 21.0 Å². The number of hydrogen-bond acceptors (Lipinski definition) is 5. The smallest absolute Gasteiger partial charge is 0.339 e. The minimum Gasteiger partial charge on any atom is -0.462 e. The summed E-state index contributed by atoms with van der Waals surface area (Å²) in [5, 5.41) is 0. The third-order valence-electron chi connectivity index (χ3n) is 4.60. The molecule has 0 fully saturated rings. The van der Waals surface area contributed by atoms with Crippen LogP contribution in [0.5, 0.6) is 5.75 Å². The predicted octanol–water partition coefficient (Wildman–Crippen LogP) is 4.52. The molecule has 0 bridgehead atoms. The summed E-state index contributed by atoms with van der Waals surface area (Å²) in [6, 6.07) is 13.2. The molecule has 0 saturated carbocycles. The molecule has 1 aliphatic carbocycles. The van der Waals surface area contributed by atoms with Crippen LogP contribution in [0.3, 0.4) is 0 Å². The van der Waals surface area contributed by atoms with E-state index < -0.39 is 16.1 Å². The third kappa shape index (κ3) is 4.62. The number of hydrogen-bond donors (Lipinski definition) is 0. The lowest BCUT2D eigenvalue weighted by Gasteiger charge is -2.12. The van der Waals surface area contributed by atoms with E-state index in [1.807, 2.05) is 0 Å². The molecule has 28 heavy (non-hydrogen) atoms. The molecule has 0 saturated heterocycles. The Morgan fingerprint density at radius 1 is 1.00 bits per heavy atom. The zero-order chi connectivity index (χ0) is 20.0. The van der Waals surface area contributed by atoms with Gasteiger partial charge in [-0.1, -0.05) is 62.6 Å². The molecule has 0 radical (unpaired) electrons. The number of allylic oxidation sites excluding steroid dienone is 1. The van der Waals surface area contributed by atoms with E-state index in [9.17, 15) is 13.2 Å². The van der Waals surface area contributed by atoms with E-state index in [-0.39, 0.29) is 10.6 Å². The Kier molecular flexibility index (Phi) is 6.52. The molecule has 0 heterocycles. The Bertz CT molecular complexity index is 962. The highest BCUT2D eigenvalue weighted by Crippen LogP contribution is 2.34. The van der Waals surface area contributed by atoms with Crippen LogP contribution < -0.4 is 4.18 Å². The van der Waals surface area contributed by atoms with Crippen molar-refractivity contribution in [1.29, 1.82) is 0 Å². The number of carbonyl (C=O) groups excluding carboxylic acids is 1. The summed E-state index contributed by atoms with van der Waals surface area (Å²) in [5.41, 5.74) is 1.58. The monoisotopic (exact) mass is 400 g/mol. The highest BCUT2D eigenvalue weighted by atomic mass is 32.2. The maximum absolute atomic E-state index is 12.7. The van der Waals surface area contributed by atoms with E-state index >= 15 is 0 Å². The number of para-hydroxylation sites is 1. The molecule has 148 valence electrons. The molecule has 0 unspecified atom stereocenters. The van der Waals surface area contributed by atoms with Gasteiger partial charge in [-0.3, -0.25) is 0 Å². The fourth-order valence-electron chi connectivity index (χ4n) is 3.19. The summed E-state index contributed by atoms with van der Waals surface area (Å²) in [7, 11) is -4.00. The summed E-state index contributed by atoms with van der Waals surface area (Å²) in [5.74, 6) is -0.161. The van der Waals surface area contributed by atoms with Gasteiger partial charge in [-0.15, -0.1) is 0 Å². The van der Waals surface area contributed by atoms with Crippen LogP contribution in [0.15, 0.2) is 59.5 Å². The fourth-order valence-corrected chi connectivity index (χ4v) is 4.38. The van der Waals surface area contributed by atoms with Gasteiger partial charge < -0.3 is 8.92 Å². The molecule has 0 atom stereocenters. The van der Waals surface area contributed by atoms with Gasteiger partial charge in [0.2, 0.25) is 0 Å². The largest absolute Gasteiger partial charge is 0.462 e. The van der Waals surface area contributed by atoms with Gasteiger partial charge in [0.1, 0.15) is 10.6 Å². The zero-order valence-electron chi connectivity index (χ0n) is 15.9. The number of ether oxygens (including phenoxy) is 1. The Morgan fingerprint density at radius 3 is 2.54 bits per heavy atom. The first-order valence-electron chi connectivity index (χ1n) is 9.52. The zero-order valence-corrected chi connectivity index (χ0v) is 16.7. The van der Waals surface area contributed by atoms with Crippen molar-refractivity contribution in [2.24, 2.45) is 0 Å². The Labute approximate surface area is 166 Å². The van der Waals surface area contributed by atoms with Crippen molar-refractivity contribution < 1.29 is 22.1 Å². The molecule has 1 aliphatic rings. The van der Waals surface area contributed by atoms with Crippen molar-refractivity contribution in [3.05, 3.63) is 65.7 Å². The number of carbonyl (C=O) groups is 1. The van der Waals surface area contributed by atoms with E-state index in [0.717, 1.165) is 25.7 Å². The molecule has 0 aliphatic heterocycles. The molecule has 0 amide bonds. The second-order valence-electron chi connectivity index (χ2n) is 6.65. The SMILES string of the molecule is CCCCCCOC(=O)C1=CCc2c1cccc2S(=O)(=O)Oc1ccccc1. The summed E-state index contributed by atoms with van der Waals surface area (Å²) >= 11 is 0. The number of benzene rings is 2. The lowest BCUT2D eigenvalue weighted by Crippen LogP contribution is -2.13. The molecule has 0 N–H and O–H groups in total. The van der Waals surface area contributed by atoms with Crippen molar-refractivity contribution >= 4 is 21.7 Å². The van der Waals surface area contributed by atoms with Gasteiger partial charge in [-0.25, -0.2) is 4.79 Å². The van der Waals surface area contributed by atoms with Crippen LogP contribution in [0.2, 0.25) is 0 Å². The van der Waals surface area contributed by atoms with E-state index in [4.69, 9.17) is 8.92 Å². The molecule has 2 aromatic carbocycles. The van der Waals surface area contributed by atoms with Crippen molar-refractivity contribution in [2.75, 3.05) is 6.61 Å². The number of unbranched alkanes of at least 4 members (excludes halogenated alkanes) is 3. The molecule has 0 spiro atoms. The highest BCUT2D eigenvalue weighted by molar-refractivity contribution is 7.87. The van der Waals surface area contributed by atoms with Crippen molar-refractivity contribution in [2.45, 2.75) is 43.9 Å². The van der Waals surface area contributed by atoms with Crippen LogP contribution in [0.1, 0.15) is 43.7 Å². The number of fused-ring (bicyclic) bond motifs is 1. The fraction of sp³-hybridized carbons (Fsp3) is 0.318. The first-order chi connectivity index (χ1) is 13.5. The van der Waals surface area contributed by atoms with Crippen LogP contribution in [0.4, 0.5) is 0 Å². The minimum absolute atomic E-state index is 0.0795. The van der Waals surface area contributed by atoms with Crippen molar-refractivity contribution in [1.82, 2.24) is 0 Å². The van der Waals surface area contributed by atoms with E-state index in [1.165, 1.54) is 6.07 Å². The summed E-state index contributed by atoms with van der Waals surface area (Å²) < 4.78 is 36.1. The lowest BCUT2D eigenvalue weighted by atomic mass is 10.1. The minimum atomic E-state index is -4.00. The van der Waals surface area contributed by atoms with Crippen LogP contribution >= 0.6 is 0 Å². The van der Waals surface area contributed by atoms with E-state index in [1.54, 1.807) is 48.5 Å². The first kappa shape index (κ1) is 20.1. The van der Waals surface area contributed by atoms with Gasteiger partial charge in [0.05, 0.1) is 12.2 Å². The molecule has 0 aromatic heterocycles. The van der Waals surface area contributed by atoms with Gasteiger partial charge in [-0.05, 0) is 42.2 Å². The summed E-state index contributed by atoms with van der Waals surface area (Å²) in [4.78, 5) is 12.5. The maximum atomic E-state index is 12.7. The number of rotatable bonds is 9. The topological polar surface area (TPSA) is 69.7 Å². The van der Waals surface area contributed by atoms with Gasteiger partial charge in [0.15, 0.2) is 0 Å². The quantitative estimate of drug-likeness (QED) is 0.352. The molecule has 2 aromatic rings. The van der Waals surface area contributed by atoms with Gasteiger partial charge in [0, 0.05) is 0 Å². The second kappa shape index (κ2) is 9.06. The normalized spacial score (nSPS) is 13.0. The summed E-state index contributed by atoms with van der Waals surface area (Å²) in [6.45, 7) is 2.50. The van der Waals surface area contributed by atoms with Crippen LogP contribution in [0.25, 0.3) is 5.57 Å². The van der Waals surface area contributed by atoms with E-state index in [0.29, 0.717) is 29.7 Å². The van der Waals surface area contributed by atoms with Crippen LogP contribution in [0, 0.1) is 0 Å². The molecule has 5 nitrogen and oxygen atoms in total. The molecular formula is C22H24O5S. The average molecular weight is 400 g/mol. The van der Waals surface area contributed by atoms with Crippen LogP contribution in [-0.2, 0) is 26.1 Å². The first-order valence-corrected chi connectivity index (χ1v) is 10.9. The Morgan fingerprint density at radius 2 is 1.79 bits per heavy atom.